The van der Waals surface area contributed by atoms with Gasteiger partial charge >= 0.3 is 0 Å². The fraction of sp³-hybridized carbons (Fsp3) is 0.235. The topological polar surface area (TPSA) is 98.3 Å². The molecule has 1 amide bonds. The van der Waals surface area contributed by atoms with Crippen LogP contribution < -0.4 is 11.1 Å². The lowest BCUT2D eigenvalue weighted by Gasteiger charge is -2.16. The van der Waals surface area contributed by atoms with E-state index in [-0.39, 0.29) is 16.8 Å². The Morgan fingerprint density at radius 2 is 2.08 bits per heavy atom. The van der Waals surface area contributed by atoms with Gasteiger partial charge in [0.15, 0.2) is 0 Å². The molecule has 0 fully saturated rings. The number of nitrogens with two attached hydrogens (primary N) is 1. The van der Waals surface area contributed by atoms with Crippen LogP contribution >= 0.6 is 11.8 Å². The number of non-ortho nitro benzene ring substituents is 1. The van der Waals surface area contributed by atoms with E-state index in [9.17, 15) is 14.9 Å². The summed E-state index contributed by atoms with van der Waals surface area (Å²) in [5.74, 6) is -0.187. The molecule has 0 radical (unpaired) electrons. The van der Waals surface area contributed by atoms with Gasteiger partial charge in [-0.05, 0) is 37.1 Å². The summed E-state index contributed by atoms with van der Waals surface area (Å²) >= 11 is 1.42. The Morgan fingerprint density at radius 1 is 1.33 bits per heavy atom. The molecule has 0 bridgehead atoms. The molecule has 1 atom stereocenters. The van der Waals surface area contributed by atoms with E-state index in [0.29, 0.717) is 17.8 Å². The van der Waals surface area contributed by atoms with Crippen molar-refractivity contribution in [1.82, 2.24) is 0 Å². The lowest BCUT2D eigenvalue weighted by atomic mass is 10.1. The Balaban J connectivity index is 2.15. The van der Waals surface area contributed by atoms with Crippen molar-refractivity contribution in [1.29, 1.82) is 0 Å². The molecule has 126 valence electrons. The number of nitrogen functional groups attached to an aromatic ring is 1. The summed E-state index contributed by atoms with van der Waals surface area (Å²) in [5, 5.41) is 13.4. The summed E-state index contributed by atoms with van der Waals surface area (Å²) in [7, 11) is 0. The number of nitrogens with zero attached hydrogens (tertiary/aromatic N) is 1. The number of thioether (sulfide) groups is 1. The number of nitro groups is 1. The Bertz CT molecular complexity index is 764. The first-order valence-electron chi connectivity index (χ1n) is 7.48. The Morgan fingerprint density at radius 3 is 2.71 bits per heavy atom. The monoisotopic (exact) mass is 345 g/mol. The summed E-state index contributed by atoms with van der Waals surface area (Å²) in [6.45, 7) is 3.72. The predicted molar refractivity (Wildman–Crippen MR) is 97.3 cm³/mol. The summed E-state index contributed by atoms with van der Waals surface area (Å²) in [6, 6.07) is 11.8. The normalized spacial score (nSPS) is 11.8. The van der Waals surface area contributed by atoms with Crippen LogP contribution in [-0.2, 0) is 4.79 Å². The minimum atomic E-state index is -0.478. The van der Waals surface area contributed by atoms with E-state index < -0.39 is 4.92 Å². The van der Waals surface area contributed by atoms with E-state index in [4.69, 9.17) is 5.73 Å². The molecule has 2 rings (SSSR count). The van der Waals surface area contributed by atoms with Crippen molar-refractivity contribution < 1.29 is 9.72 Å². The van der Waals surface area contributed by atoms with Crippen molar-refractivity contribution >= 4 is 34.7 Å². The van der Waals surface area contributed by atoms with Crippen LogP contribution in [0.2, 0.25) is 0 Å². The number of amides is 1. The van der Waals surface area contributed by atoms with Crippen molar-refractivity contribution in [3.8, 4) is 0 Å². The molecule has 0 spiro atoms. The van der Waals surface area contributed by atoms with Crippen molar-refractivity contribution in [2.75, 3.05) is 11.1 Å². The molecule has 0 saturated carbocycles. The predicted octanol–water partition coefficient (Wildman–Crippen LogP) is 3.99. The van der Waals surface area contributed by atoms with E-state index in [1.54, 1.807) is 19.1 Å². The highest BCUT2D eigenvalue weighted by Crippen LogP contribution is 2.29. The fourth-order valence-corrected chi connectivity index (χ4v) is 3.17. The maximum Gasteiger partial charge on any atom is 0.271 e. The molecule has 1 unspecified atom stereocenters. The number of nitro benzene ring substituents is 1. The molecule has 24 heavy (non-hydrogen) atoms. The minimum Gasteiger partial charge on any atom is -0.399 e. The van der Waals surface area contributed by atoms with E-state index in [1.807, 2.05) is 25.1 Å². The number of carbonyl (C=O) groups is 1. The molecular weight excluding hydrogens is 326 g/mol. The Labute approximate surface area is 144 Å². The average Bonchev–Trinajstić information content (AvgIpc) is 2.54. The van der Waals surface area contributed by atoms with Crippen molar-refractivity contribution in [2.45, 2.75) is 30.4 Å². The second kappa shape index (κ2) is 7.83. The van der Waals surface area contributed by atoms with Gasteiger partial charge in [0.25, 0.3) is 5.69 Å². The maximum absolute atomic E-state index is 12.5. The second-order valence-corrected chi connectivity index (χ2v) is 6.61. The third-order valence-corrected chi connectivity index (χ3v) is 4.85. The van der Waals surface area contributed by atoms with Gasteiger partial charge < -0.3 is 11.1 Å². The number of hydrogen-bond donors (Lipinski definition) is 2. The summed E-state index contributed by atoms with van der Waals surface area (Å²) in [4.78, 5) is 23.9. The maximum atomic E-state index is 12.5. The van der Waals surface area contributed by atoms with E-state index in [0.717, 1.165) is 10.5 Å². The molecule has 0 saturated heterocycles. The molecule has 3 N–H and O–H groups in total. The van der Waals surface area contributed by atoms with Crippen LogP contribution in [-0.4, -0.2) is 16.1 Å². The van der Waals surface area contributed by atoms with E-state index >= 15 is 0 Å². The highest BCUT2D eigenvalue weighted by molar-refractivity contribution is 8.00. The van der Waals surface area contributed by atoms with Crippen LogP contribution in [0.5, 0.6) is 0 Å². The first-order valence-corrected chi connectivity index (χ1v) is 8.36. The zero-order valence-corrected chi connectivity index (χ0v) is 14.3. The minimum absolute atomic E-state index is 0.0487. The van der Waals surface area contributed by atoms with Crippen LogP contribution in [0, 0.1) is 17.0 Å². The molecule has 0 aromatic heterocycles. The van der Waals surface area contributed by atoms with Gasteiger partial charge in [-0.3, -0.25) is 14.9 Å². The smallest absolute Gasteiger partial charge is 0.271 e. The molecule has 6 nitrogen and oxygen atoms in total. The van der Waals surface area contributed by atoms with Gasteiger partial charge in [-0.15, -0.1) is 11.8 Å². The van der Waals surface area contributed by atoms with Crippen LogP contribution in [0.15, 0.2) is 47.4 Å². The largest absolute Gasteiger partial charge is 0.399 e. The third kappa shape index (κ3) is 4.48. The Hall–Kier alpha value is -2.54. The molecule has 0 heterocycles. The first kappa shape index (κ1) is 17.8. The molecule has 2 aromatic rings. The number of carbonyl (C=O) groups excluding carboxylic acids is 1. The van der Waals surface area contributed by atoms with Crippen molar-refractivity contribution in [2.24, 2.45) is 0 Å². The quantitative estimate of drug-likeness (QED) is 0.357. The van der Waals surface area contributed by atoms with Gasteiger partial charge in [0, 0.05) is 22.7 Å². The molecule has 0 aliphatic carbocycles. The number of anilines is 2. The number of nitrogens with one attached hydrogen (secondary N) is 1. The SMILES string of the molecule is CCC(Sc1cccc(N)c1)C(=O)Nc1cc([N+](=O)[O-])ccc1C. The van der Waals surface area contributed by atoms with Crippen molar-refractivity contribution in [3.05, 3.63) is 58.1 Å². The molecule has 0 aliphatic rings. The second-order valence-electron chi connectivity index (χ2n) is 5.33. The summed E-state index contributed by atoms with van der Waals surface area (Å²) in [6.07, 6.45) is 0.624. The third-order valence-electron chi connectivity index (χ3n) is 3.49. The lowest BCUT2D eigenvalue weighted by Crippen LogP contribution is -2.25. The van der Waals surface area contributed by atoms with Crippen LogP contribution in [0.3, 0.4) is 0 Å². The number of benzene rings is 2. The number of hydrogen-bond acceptors (Lipinski definition) is 5. The van der Waals surface area contributed by atoms with Crippen LogP contribution in [0.1, 0.15) is 18.9 Å². The van der Waals surface area contributed by atoms with Gasteiger partial charge in [-0.1, -0.05) is 19.1 Å². The molecule has 2 aromatic carbocycles. The molecule has 7 heteroatoms. The number of rotatable bonds is 6. The number of aryl methyl sites for hydroxylation is 1. The van der Waals surface area contributed by atoms with E-state index in [1.165, 1.54) is 23.9 Å². The van der Waals surface area contributed by atoms with Crippen LogP contribution in [0.4, 0.5) is 17.1 Å². The van der Waals surface area contributed by atoms with Gasteiger partial charge in [0.05, 0.1) is 15.9 Å². The van der Waals surface area contributed by atoms with E-state index in [2.05, 4.69) is 5.32 Å². The zero-order chi connectivity index (χ0) is 17.7. The Kier molecular flexibility index (Phi) is 5.81. The first-order chi connectivity index (χ1) is 11.4. The van der Waals surface area contributed by atoms with Gasteiger partial charge in [-0.25, -0.2) is 0 Å². The molecular formula is C17H19N3O3S. The van der Waals surface area contributed by atoms with Gasteiger partial charge in [0.2, 0.25) is 5.91 Å². The standard InChI is InChI=1S/C17H19N3O3S/c1-3-16(24-14-6-4-5-12(18)9-14)17(21)19-15-10-13(20(22)23)8-7-11(15)2/h4-10,16H,3,18H2,1-2H3,(H,19,21). The zero-order valence-electron chi connectivity index (χ0n) is 13.5. The molecule has 0 aliphatic heterocycles. The van der Waals surface area contributed by atoms with Crippen LogP contribution in [0.25, 0.3) is 0 Å². The highest BCUT2D eigenvalue weighted by Gasteiger charge is 2.20. The fourth-order valence-electron chi connectivity index (χ4n) is 2.15. The van der Waals surface area contributed by atoms with Gasteiger partial charge in [-0.2, -0.15) is 0 Å². The van der Waals surface area contributed by atoms with Crippen molar-refractivity contribution in [3.63, 3.8) is 0 Å². The average molecular weight is 345 g/mol. The highest BCUT2D eigenvalue weighted by atomic mass is 32.2. The lowest BCUT2D eigenvalue weighted by molar-refractivity contribution is -0.384. The summed E-state index contributed by atoms with van der Waals surface area (Å²) < 4.78 is 0. The summed E-state index contributed by atoms with van der Waals surface area (Å²) in [5.41, 5.74) is 7.59. The van der Waals surface area contributed by atoms with Gasteiger partial charge in [0.1, 0.15) is 0 Å².